The minimum Gasteiger partial charge on any atom is -0.325 e. The number of hydrogen-bond acceptors (Lipinski definition) is 5. The zero-order valence-corrected chi connectivity index (χ0v) is 19.4. The van der Waals surface area contributed by atoms with E-state index >= 15 is 0 Å². The first-order valence-corrected chi connectivity index (χ1v) is 11.3. The van der Waals surface area contributed by atoms with Gasteiger partial charge in [0.2, 0.25) is 11.1 Å². The van der Waals surface area contributed by atoms with Gasteiger partial charge in [0.05, 0.1) is 5.75 Å². The maximum Gasteiger partial charge on any atom is 0.253 e. The molecule has 2 heterocycles. The van der Waals surface area contributed by atoms with Gasteiger partial charge >= 0.3 is 0 Å². The van der Waals surface area contributed by atoms with Crippen LogP contribution in [0.1, 0.15) is 28.1 Å². The molecule has 0 fully saturated rings. The van der Waals surface area contributed by atoms with Crippen LogP contribution in [0.5, 0.6) is 0 Å². The van der Waals surface area contributed by atoms with Gasteiger partial charge in [-0.15, -0.1) is 5.10 Å². The van der Waals surface area contributed by atoms with Crippen molar-refractivity contribution >= 4 is 40.7 Å². The molecule has 0 spiro atoms. The maximum atomic E-state index is 14.3. The molecule has 0 atom stereocenters. The van der Waals surface area contributed by atoms with E-state index in [1.165, 1.54) is 17.8 Å². The van der Waals surface area contributed by atoms with E-state index in [0.29, 0.717) is 27.9 Å². The molecule has 32 heavy (non-hydrogen) atoms. The first-order chi connectivity index (χ1) is 15.3. The molecule has 0 unspecified atom stereocenters. The quantitative estimate of drug-likeness (QED) is 0.395. The smallest absolute Gasteiger partial charge is 0.253 e. The van der Waals surface area contributed by atoms with Crippen molar-refractivity contribution in [2.75, 3.05) is 11.1 Å². The predicted octanol–water partition coefficient (Wildman–Crippen LogP) is 5.16. The molecule has 2 aromatic carbocycles. The summed E-state index contributed by atoms with van der Waals surface area (Å²) < 4.78 is 15.9. The number of nitrogens with one attached hydrogen (secondary N) is 1. The molecule has 0 aliphatic heterocycles. The van der Waals surface area contributed by atoms with Crippen LogP contribution < -0.4 is 5.32 Å². The van der Waals surface area contributed by atoms with Crippen molar-refractivity contribution in [3.63, 3.8) is 0 Å². The van der Waals surface area contributed by atoms with Gasteiger partial charge in [-0.3, -0.25) is 4.79 Å². The Balaban J connectivity index is 1.52. The largest absolute Gasteiger partial charge is 0.325 e. The predicted molar refractivity (Wildman–Crippen MR) is 125 cm³/mol. The van der Waals surface area contributed by atoms with Gasteiger partial charge < -0.3 is 5.32 Å². The second kappa shape index (κ2) is 9.26. The number of carbonyl (C=O) groups is 1. The number of amides is 1. The van der Waals surface area contributed by atoms with Crippen LogP contribution in [0.25, 0.3) is 5.78 Å². The summed E-state index contributed by atoms with van der Waals surface area (Å²) >= 11 is 7.44. The number of thioether (sulfide) groups is 1. The summed E-state index contributed by atoms with van der Waals surface area (Å²) in [6.07, 6.45) is 0.299. The third-order valence-electron chi connectivity index (χ3n) is 5.11. The van der Waals surface area contributed by atoms with E-state index in [4.69, 9.17) is 11.6 Å². The van der Waals surface area contributed by atoms with Crippen molar-refractivity contribution in [1.82, 2.24) is 19.6 Å². The van der Waals surface area contributed by atoms with E-state index in [-0.39, 0.29) is 17.5 Å². The summed E-state index contributed by atoms with van der Waals surface area (Å²) in [5.41, 5.74) is 4.66. The zero-order chi connectivity index (χ0) is 22.8. The van der Waals surface area contributed by atoms with Gasteiger partial charge in [-0.2, -0.15) is 4.98 Å². The van der Waals surface area contributed by atoms with E-state index in [0.717, 1.165) is 28.2 Å². The van der Waals surface area contributed by atoms with Gasteiger partial charge in [0.1, 0.15) is 5.82 Å². The van der Waals surface area contributed by atoms with Crippen LogP contribution in [-0.2, 0) is 11.2 Å². The molecule has 1 N–H and O–H groups in total. The molecular formula is C23H21ClFN5OS. The SMILES string of the molecule is Cc1ccc(NC(=O)CSc2nc3nc(C)c(Cc4c(F)cccc4Cl)c(C)n3n2)cc1. The molecule has 0 saturated heterocycles. The Hall–Kier alpha value is -2.97. The van der Waals surface area contributed by atoms with Crippen molar-refractivity contribution in [2.24, 2.45) is 0 Å². The fraction of sp³-hybridized carbons (Fsp3) is 0.217. The van der Waals surface area contributed by atoms with Crippen molar-refractivity contribution < 1.29 is 9.18 Å². The number of hydrogen-bond donors (Lipinski definition) is 1. The number of aryl methyl sites for hydroxylation is 3. The first-order valence-electron chi connectivity index (χ1n) is 9.97. The Morgan fingerprint density at radius 3 is 2.56 bits per heavy atom. The standard InChI is InChI=1S/C23H21ClFN5OS/c1-13-7-9-16(10-8-13)27-21(31)12-32-23-28-22-26-14(2)17(15(3)30(22)29-23)11-18-19(24)5-4-6-20(18)25/h4-10H,11-12H2,1-3H3,(H,27,31). The Kier molecular flexibility index (Phi) is 6.43. The topological polar surface area (TPSA) is 72.2 Å². The third-order valence-corrected chi connectivity index (χ3v) is 6.30. The zero-order valence-electron chi connectivity index (χ0n) is 17.8. The van der Waals surface area contributed by atoms with Gasteiger partial charge in [0, 0.05) is 34.1 Å². The summed E-state index contributed by atoms with van der Waals surface area (Å²) in [6.45, 7) is 5.73. The molecule has 9 heteroatoms. The average molecular weight is 470 g/mol. The van der Waals surface area contributed by atoms with E-state index < -0.39 is 0 Å². The van der Waals surface area contributed by atoms with Crippen molar-refractivity contribution in [2.45, 2.75) is 32.3 Å². The molecule has 0 radical (unpaired) electrons. The van der Waals surface area contributed by atoms with Crippen molar-refractivity contribution in [3.8, 4) is 0 Å². The van der Waals surface area contributed by atoms with Gasteiger partial charge in [0.15, 0.2) is 0 Å². The minimum absolute atomic E-state index is 0.145. The summed E-state index contributed by atoms with van der Waals surface area (Å²) in [5, 5.41) is 8.16. The number of carbonyl (C=O) groups excluding carboxylic acids is 1. The summed E-state index contributed by atoms with van der Waals surface area (Å²) in [5.74, 6) is 0.101. The van der Waals surface area contributed by atoms with Crippen molar-refractivity contribution in [1.29, 1.82) is 0 Å². The van der Waals surface area contributed by atoms with Gasteiger partial charge in [-0.1, -0.05) is 47.1 Å². The molecular weight excluding hydrogens is 449 g/mol. The van der Waals surface area contributed by atoms with Crippen LogP contribution >= 0.6 is 23.4 Å². The number of rotatable bonds is 6. The number of nitrogens with zero attached hydrogens (tertiary/aromatic N) is 4. The van der Waals surface area contributed by atoms with Gasteiger partial charge in [0.25, 0.3) is 5.78 Å². The number of aromatic nitrogens is 4. The molecule has 0 bridgehead atoms. The monoisotopic (exact) mass is 469 g/mol. The fourth-order valence-corrected chi connectivity index (χ4v) is 4.20. The third kappa shape index (κ3) is 4.76. The van der Waals surface area contributed by atoms with Crippen LogP contribution in [0.15, 0.2) is 47.6 Å². The lowest BCUT2D eigenvalue weighted by molar-refractivity contribution is -0.113. The molecule has 4 rings (SSSR count). The molecule has 4 aromatic rings. The number of anilines is 1. The molecule has 164 valence electrons. The van der Waals surface area contributed by atoms with E-state index in [9.17, 15) is 9.18 Å². The second-order valence-electron chi connectivity index (χ2n) is 7.45. The lowest BCUT2D eigenvalue weighted by Gasteiger charge is -2.12. The van der Waals surface area contributed by atoms with E-state index in [1.54, 1.807) is 16.6 Å². The Morgan fingerprint density at radius 1 is 1.09 bits per heavy atom. The lowest BCUT2D eigenvalue weighted by atomic mass is 10.0. The van der Waals surface area contributed by atoms with Crippen LogP contribution in [0, 0.1) is 26.6 Å². The van der Waals surface area contributed by atoms with Crippen LogP contribution in [0.2, 0.25) is 5.02 Å². The highest BCUT2D eigenvalue weighted by Crippen LogP contribution is 2.26. The fourth-order valence-electron chi connectivity index (χ4n) is 3.35. The van der Waals surface area contributed by atoms with Crippen LogP contribution in [0.4, 0.5) is 10.1 Å². The van der Waals surface area contributed by atoms with Crippen LogP contribution in [-0.4, -0.2) is 31.2 Å². The Bertz CT molecular complexity index is 1290. The first kappa shape index (κ1) is 22.2. The molecule has 6 nitrogen and oxygen atoms in total. The average Bonchev–Trinajstić information content (AvgIpc) is 3.16. The molecule has 0 saturated carbocycles. The van der Waals surface area contributed by atoms with E-state index in [2.05, 4.69) is 20.4 Å². The summed E-state index contributed by atoms with van der Waals surface area (Å²) in [6, 6.07) is 12.2. The lowest BCUT2D eigenvalue weighted by Crippen LogP contribution is -2.14. The van der Waals surface area contributed by atoms with Crippen molar-refractivity contribution in [3.05, 3.63) is 81.4 Å². The highest BCUT2D eigenvalue weighted by Gasteiger charge is 2.17. The Morgan fingerprint density at radius 2 is 1.84 bits per heavy atom. The molecule has 0 aliphatic carbocycles. The molecule has 1 amide bonds. The summed E-state index contributed by atoms with van der Waals surface area (Å²) in [7, 11) is 0. The number of halogens is 2. The van der Waals surface area contributed by atoms with Gasteiger partial charge in [-0.25, -0.2) is 13.9 Å². The summed E-state index contributed by atoms with van der Waals surface area (Å²) in [4.78, 5) is 21.2. The highest BCUT2D eigenvalue weighted by atomic mass is 35.5. The molecule has 2 aromatic heterocycles. The van der Waals surface area contributed by atoms with E-state index in [1.807, 2.05) is 45.0 Å². The second-order valence-corrected chi connectivity index (χ2v) is 8.80. The minimum atomic E-state index is -0.356. The normalized spacial score (nSPS) is 11.2. The maximum absolute atomic E-state index is 14.3. The van der Waals surface area contributed by atoms with Gasteiger partial charge in [-0.05, 0) is 50.6 Å². The number of fused-ring (bicyclic) bond motifs is 1. The molecule has 0 aliphatic rings. The van der Waals surface area contributed by atoms with Crippen LogP contribution in [0.3, 0.4) is 0 Å². The highest BCUT2D eigenvalue weighted by molar-refractivity contribution is 7.99. The Labute approximate surface area is 194 Å². The number of benzene rings is 2.